The lowest BCUT2D eigenvalue weighted by atomic mass is 10.1. The van der Waals surface area contributed by atoms with Crippen LogP contribution in [0.4, 0.5) is 5.69 Å². The first-order valence-electron chi connectivity index (χ1n) is 9.60. The van der Waals surface area contributed by atoms with Crippen molar-refractivity contribution < 1.29 is 14.4 Å². The van der Waals surface area contributed by atoms with Crippen molar-refractivity contribution in [3.8, 4) is 11.5 Å². The number of methoxy groups -OCH3 is 1. The van der Waals surface area contributed by atoms with Gasteiger partial charge in [0, 0.05) is 0 Å². The van der Waals surface area contributed by atoms with E-state index >= 15 is 0 Å². The van der Waals surface area contributed by atoms with Crippen LogP contribution in [0.15, 0.2) is 83.0 Å². The summed E-state index contributed by atoms with van der Waals surface area (Å²) in [4.78, 5) is 27.9. The minimum atomic E-state index is -0.544. The number of para-hydroxylation sites is 1. The summed E-state index contributed by atoms with van der Waals surface area (Å²) in [6, 6.07) is 19.0. The van der Waals surface area contributed by atoms with Crippen LogP contribution in [-0.4, -0.2) is 27.9 Å². The highest BCUT2D eigenvalue weighted by Crippen LogP contribution is 2.34. The lowest BCUT2D eigenvalue weighted by Gasteiger charge is -2.12. The zero-order chi connectivity index (χ0) is 22.5. The Kier molecular flexibility index (Phi) is 5.89. The number of fused-ring (bicyclic) bond motifs is 1. The van der Waals surface area contributed by atoms with Gasteiger partial charge in [0.2, 0.25) is 0 Å². The fraction of sp³-hybridized carbons (Fsp3) is 0.0870. The summed E-state index contributed by atoms with van der Waals surface area (Å²) in [5.41, 5.74) is 0.977. The summed E-state index contributed by atoms with van der Waals surface area (Å²) in [6.07, 6.45) is 2.49. The standard InChI is InChI=1S/C23H18N4O5/c1-31-21-11-17(13-25-26-15-24-19-10-6-5-9-18(19)23(26)28)20(27(29)30)12-22(21)32-14-16-7-3-2-4-8-16/h2-13,15H,14H2,1H3/b25-13+. The Balaban J connectivity index is 1.68. The van der Waals surface area contributed by atoms with Crippen molar-refractivity contribution in [3.05, 3.63) is 105 Å². The molecule has 0 fully saturated rings. The fourth-order valence-corrected chi connectivity index (χ4v) is 3.10. The van der Waals surface area contributed by atoms with Gasteiger partial charge in [0.15, 0.2) is 11.5 Å². The first-order valence-corrected chi connectivity index (χ1v) is 9.60. The van der Waals surface area contributed by atoms with E-state index in [2.05, 4.69) is 10.1 Å². The van der Waals surface area contributed by atoms with E-state index in [9.17, 15) is 14.9 Å². The number of hydrogen-bond acceptors (Lipinski definition) is 7. The van der Waals surface area contributed by atoms with Gasteiger partial charge in [0.1, 0.15) is 12.9 Å². The topological polar surface area (TPSA) is 109 Å². The Morgan fingerprint density at radius 3 is 2.59 bits per heavy atom. The van der Waals surface area contributed by atoms with E-state index in [1.54, 1.807) is 24.3 Å². The molecule has 32 heavy (non-hydrogen) atoms. The molecule has 0 aliphatic rings. The molecule has 0 unspecified atom stereocenters. The van der Waals surface area contributed by atoms with E-state index in [1.165, 1.54) is 31.8 Å². The molecular formula is C23H18N4O5. The molecule has 0 amide bonds. The van der Waals surface area contributed by atoms with Crippen LogP contribution in [0.1, 0.15) is 11.1 Å². The highest BCUT2D eigenvalue weighted by atomic mass is 16.6. The normalized spacial score (nSPS) is 11.0. The number of nitrogens with zero attached hydrogens (tertiary/aromatic N) is 4. The molecule has 9 nitrogen and oxygen atoms in total. The van der Waals surface area contributed by atoms with Crippen molar-refractivity contribution in [2.75, 3.05) is 7.11 Å². The summed E-state index contributed by atoms with van der Waals surface area (Å²) < 4.78 is 12.1. The molecule has 160 valence electrons. The van der Waals surface area contributed by atoms with Crippen LogP contribution in [-0.2, 0) is 6.61 Å². The number of benzene rings is 3. The van der Waals surface area contributed by atoms with Gasteiger partial charge in [-0.3, -0.25) is 14.9 Å². The molecule has 4 rings (SSSR count). The van der Waals surface area contributed by atoms with E-state index in [-0.39, 0.29) is 29.2 Å². The number of rotatable bonds is 7. The SMILES string of the molecule is COc1cc(/C=N/n2cnc3ccccc3c2=O)c([N+](=O)[O-])cc1OCc1ccccc1. The number of hydrogen-bond donors (Lipinski definition) is 0. The van der Waals surface area contributed by atoms with Crippen LogP contribution in [0.2, 0.25) is 0 Å². The molecule has 4 aromatic rings. The monoisotopic (exact) mass is 430 g/mol. The van der Waals surface area contributed by atoms with Crippen LogP contribution in [0.25, 0.3) is 10.9 Å². The van der Waals surface area contributed by atoms with Crippen LogP contribution >= 0.6 is 0 Å². The van der Waals surface area contributed by atoms with Crippen molar-refractivity contribution in [1.29, 1.82) is 0 Å². The van der Waals surface area contributed by atoms with Gasteiger partial charge in [-0.25, -0.2) is 4.98 Å². The summed E-state index contributed by atoms with van der Waals surface area (Å²) in [7, 11) is 1.44. The number of aromatic nitrogens is 2. The van der Waals surface area contributed by atoms with Gasteiger partial charge in [-0.15, -0.1) is 0 Å². The number of nitro groups is 1. The molecule has 1 heterocycles. The van der Waals surface area contributed by atoms with E-state index in [0.717, 1.165) is 10.2 Å². The van der Waals surface area contributed by atoms with Gasteiger partial charge in [-0.2, -0.15) is 9.78 Å². The molecule has 0 radical (unpaired) electrons. The smallest absolute Gasteiger partial charge is 0.282 e. The van der Waals surface area contributed by atoms with Crippen molar-refractivity contribution >= 4 is 22.8 Å². The van der Waals surface area contributed by atoms with Crippen molar-refractivity contribution in [2.24, 2.45) is 5.10 Å². The molecule has 0 saturated heterocycles. The van der Waals surface area contributed by atoms with Crippen LogP contribution in [0, 0.1) is 10.1 Å². The second kappa shape index (κ2) is 9.09. The molecular weight excluding hydrogens is 412 g/mol. The van der Waals surface area contributed by atoms with Gasteiger partial charge < -0.3 is 9.47 Å². The lowest BCUT2D eigenvalue weighted by Crippen LogP contribution is -2.17. The summed E-state index contributed by atoms with van der Waals surface area (Å²) in [5, 5.41) is 16.1. The maximum absolute atomic E-state index is 12.6. The fourth-order valence-electron chi connectivity index (χ4n) is 3.10. The second-order valence-electron chi connectivity index (χ2n) is 6.75. The van der Waals surface area contributed by atoms with Crippen molar-refractivity contribution in [1.82, 2.24) is 9.66 Å². The van der Waals surface area contributed by atoms with E-state index in [4.69, 9.17) is 9.47 Å². The maximum atomic E-state index is 12.6. The molecule has 0 atom stereocenters. The largest absolute Gasteiger partial charge is 0.493 e. The van der Waals surface area contributed by atoms with Gasteiger partial charge in [-0.05, 0) is 23.8 Å². The second-order valence-corrected chi connectivity index (χ2v) is 6.75. The van der Waals surface area contributed by atoms with E-state index < -0.39 is 4.92 Å². The minimum absolute atomic E-state index is 0.152. The average Bonchev–Trinajstić information content (AvgIpc) is 2.83. The maximum Gasteiger partial charge on any atom is 0.282 e. The van der Waals surface area contributed by atoms with E-state index in [0.29, 0.717) is 16.7 Å². The third-order valence-corrected chi connectivity index (χ3v) is 4.72. The Morgan fingerprint density at radius 2 is 1.84 bits per heavy atom. The van der Waals surface area contributed by atoms with Crippen LogP contribution in [0.3, 0.4) is 0 Å². The van der Waals surface area contributed by atoms with Crippen molar-refractivity contribution in [2.45, 2.75) is 6.61 Å². The molecule has 1 aromatic heterocycles. The molecule has 0 aliphatic heterocycles. The molecule has 0 aliphatic carbocycles. The number of ether oxygens (including phenoxy) is 2. The van der Waals surface area contributed by atoms with Crippen LogP contribution in [0.5, 0.6) is 11.5 Å². The van der Waals surface area contributed by atoms with Gasteiger partial charge in [0.25, 0.3) is 11.2 Å². The van der Waals surface area contributed by atoms with Gasteiger partial charge in [0.05, 0.1) is 40.8 Å². The molecule has 0 bridgehead atoms. The predicted octanol–water partition coefficient (Wildman–Crippen LogP) is 3.77. The number of nitro benzene ring substituents is 1. The summed E-state index contributed by atoms with van der Waals surface area (Å²) in [5.74, 6) is 0.529. The predicted molar refractivity (Wildman–Crippen MR) is 119 cm³/mol. The molecule has 3 aromatic carbocycles. The summed E-state index contributed by atoms with van der Waals surface area (Å²) in [6.45, 7) is 0.222. The Labute approximate surface area is 182 Å². The first kappa shape index (κ1) is 20.7. The van der Waals surface area contributed by atoms with Gasteiger partial charge in [-0.1, -0.05) is 42.5 Å². The molecule has 0 saturated carbocycles. The van der Waals surface area contributed by atoms with Crippen molar-refractivity contribution in [3.63, 3.8) is 0 Å². The quantitative estimate of drug-likeness (QED) is 0.251. The lowest BCUT2D eigenvalue weighted by molar-refractivity contribution is -0.385. The Morgan fingerprint density at radius 1 is 1.09 bits per heavy atom. The molecule has 9 heteroatoms. The zero-order valence-corrected chi connectivity index (χ0v) is 17.0. The third kappa shape index (κ3) is 4.31. The summed E-state index contributed by atoms with van der Waals surface area (Å²) >= 11 is 0. The Bertz CT molecular complexity index is 1370. The first-order chi connectivity index (χ1) is 15.6. The van der Waals surface area contributed by atoms with Gasteiger partial charge >= 0.3 is 0 Å². The highest BCUT2D eigenvalue weighted by Gasteiger charge is 2.19. The average molecular weight is 430 g/mol. The third-order valence-electron chi connectivity index (χ3n) is 4.72. The van der Waals surface area contributed by atoms with Crippen LogP contribution < -0.4 is 15.0 Å². The minimum Gasteiger partial charge on any atom is -0.493 e. The zero-order valence-electron chi connectivity index (χ0n) is 17.0. The molecule has 0 spiro atoms. The highest BCUT2D eigenvalue weighted by molar-refractivity contribution is 5.87. The molecule has 0 N–H and O–H groups in total. The van der Waals surface area contributed by atoms with E-state index in [1.807, 2.05) is 30.3 Å². The Hall–Kier alpha value is -4.53.